The first-order valence-corrected chi connectivity index (χ1v) is 18.3. The lowest BCUT2D eigenvalue weighted by atomic mass is 9.91. The van der Waals surface area contributed by atoms with Crippen LogP contribution in [0.25, 0.3) is 10.5 Å². The Morgan fingerprint density at radius 3 is 2.16 bits per heavy atom. The summed E-state index contributed by atoms with van der Waals surface area (Å²) in [6, 6.07) is 29.0. The molecule has 0 spiro atoms. The van der Waals surface area contributed by atoms with Crippen LogP contribution in [0, 0.1) is 49.2 Å². The number of aryl methyl sites for hydroxylation is 2. The minimum Gasteiger partial charge on any atom is -0.478 e. The fourth-order valence-corrected chi connectivity index (χ4v) is 6.85. The van der Waals surface area contributed by atoms with Crippen molar-refractivity contribution in [1.82, 2.24) is 19.2 Å². The molecule has 4 heterocycles. The van der Waals surface area contributed by atoms with E-state index in [0.29, 0.717) is 38.5 Å². The average molecular weight is 777 g/mol. The van der Waals surface area contributed by atoms with Crippen molar-refractivity contribution >= 4 is 27.8 Å². The third kappa shape index (κ3) is 8.47. The number of carboxylic acid groups (broad SMARTS) is 1. The minimum absolute atomic E-state index is 0.129. The molecule has 0 saturated carbocycles. The van der Waals surface area contributed by atoms with Crippen LogP contribution in [0.1, 0.15) is 65.8 Å². The Morgan fingerprint density at radius 1 is 0.807 bits per heavy atom. The molecule has 4 aromatic heterocycles. The van der Waals surface area contributed by atoms with Gasteiger partial charge in [-0.25, -0.2) is 22.6 Å². The lowest BCUT2D eigenvalue weighted by molar-refractivity contribution is 0.0697. The van der Waals surface area contributed by atoms with Crippen molar-refractivity contribution in [2.75, 3.05) is 0 Å². The number of fused-ring (bicyclic) bond motifs is 2. The first-order valence-electron chi connectivity index (χ1n) is 17.4. The highest BCUT2D eigenvalue weighted by Crippen LogP contribution is 2.24. The molecule has 9 nitrogen and oxygen atoms in total. The molecule has 0 saturated heterocycles. The maximum Gasteiger partial charge on any atom is 0.335 e. The van der Waals surface area contributed by atoms with E-state index in [1.807, 2.05) is 60.7 Å². The Labute approximate surface area is 328 Å². The van der Waals surface area contributed by atoms with Gasteiger partial charge in [-0.05, 0) is 79.4 Å². The molecule has 0 fully saturated rings. The smallest absolute Gasteiger partial charge is 0.335 e. The van der Waals surface area contributed by atoms with E-state index in [1.165, 1.54) is 40.4 Å². The molecular weight excluding hydrogens is 747 g/mol. The van der Waals surface area contributed by atoms with Crippen molar-refractivity contribution in [3.63, 3.8) is 0 Å². The van der Waals surface area contributed by atoms with Gasteiger partial charge in [0.1, 0.15) is 4.83 Å². The summed E-state index contributed by atoms with van der Waals surface area (Å²) in [4.78, 5) is 37.6. The molecule has 12 heteroatoms. The van der Waals surface area contributed by atoms with Crippen molar-refractivity contribution in [3.05, 3.63) is 209 Å². The topological polar surface area (TPSA) is 119 Å². The molecule has 0 aliphatic carbocycles. The summed E-state index contributed by atoms with van der Waals surface area (Å²) in [5, 5.41) is 18.3. The van der Waals surface area contributed by atoms with Crippen LogP contribution >= 0.6 is 11.3 Å². The van der Waals surface area contributed by atoms with Crippen LogP contribution in [-0.4, -0.2) is 30.3 Å². The number of hydrogen-bond acceptors (Lipinski definition) is 7. The number of nitrogens with zero attached hydrogens (tertiary/aromatic N) is 4. The highest BCUT2D eigenvalue weighted by molar-refractivity contribution is 7.17. The molecule has 1 unspecified atom stereocenters. The molecule has 1 atom stereocenters. The number of aromatic nitrogens is 4. The second kappa shape index (κ2) is 16.5. The summed E-state index contributed by atoms with van der Waals surface area (Å²) < 4.78 is 35.0. The van der Waals surface area contributed by atoms with Crippen LogP contribution in [0.3, 0.4) is 0 Å². The monoisotopic (exact) mass is 776 g/mol. The summed E-state index contributed by atoms with van der Waals surface area (Å²) in [6.07, 6.45) is 4.72. The maximum absolute atomic E-state index is 13.5. The standard InChI is InChI=1S/C23H16N2O4.C22H14F2N2OS/c1-15-21(26)20(13-25-22(15)29-14-24-25)19(12-7-16-5-3-2-4-6-16)17-8-10-18(11-9-17)23(27)28;1-14-21(27)17(11-16-7-9-18(23)19(24)12-16)13-26-22(14)28-20(25-26)10-8-15-5-3-2-4-6-15/h2-6,8-11,13-14,19H,1H3,(H,27,28);2-7,9,12-13H,11H2,1H3. The number of carbonyl (C=O) groups is 1. The summed E-state index contributed by atoms with van der Waals surface area (Å²) in [5.74, 6) is 8.95. The van der Waals surface area contributed by atoms with Gasteiger partial charge in [-0.1, -0.05) is 83.7 Å². The highest BCUT2D eigenvalue weighted by Gasteiger charge is 2.20. The molecule has 4 aromatic carbocycles. The molecule has 280 valence electrons. The predicted octanol–water partition coefficient (Wildman–Crippen LogP) is 7.81. The van der Waals surface area contributed by atoms with Crippen molar-refractivity contribution in [3.8, 4) is 23.7 Å². The van der Waals surface area contributed by atoms with Gasteiger partial charge < -0.3 is 9.52 Å². The van der Waals surface area contributed by atoms with Crippen molar-refractivity contribution in [2.45, 2.75) is 26.2 Å². The first kappa shape index (κ1) is 37.9. The van der Waals surface area contributed by atoms with Crippen LogP contribution in [0.4, 0.5) is 8.78 Å². The molecule has 0 aliphatic heterocycles. The van der Waals surface area contributed by atoms with Gasteiger partial charge >= 0.3 is 5.97 Å². The maximum atomic E-state index is 13.5. The van der Waals surface area contributed by atoms with Crippen molar-refractivity contribution in [2.24, 2.45) is 0 Å². The van der Waals surface area contributed by atoms with E-state index in [0.717, 1.165) is 33.7 Å². The van der Waals surface area contributed by atoms with Crippen molar-refractivity contribution in [1.29, 1.82) is 0 Å². The molecule has 1 N–H and O–H groups in total. The van der Waals surface area contributed by atoms with Gasteiger partial charge in [0.05, 0.1) is 17.0 Å². The molecule has 57 heavy (non-hydrogen) atoms. The normalized spacial score (nSPS) is 11.2. The minimum atomic E-state index is -1.01. The molecular formula is C45H30F2N4O5S. The third-order valence-electron chi connectivity index (χ3n) is 8.96. The second-order valence-corrected chi connectivity index (χ2v) is 13.8. The second-order valence-electron chi connectivity index (χ2n) is 12.8. The van der Waals surface area contributed by atoms with E-state index in [2.05, 4.69) is 33.9 Å². The van der Waals surface area contributed by atoms with Crippen LogP contribution in [-0.2, 0) is 6.42 Å². The summed E-state index contributed by atoms with van der Waals surface area (Å²) >= 11 is 1.35. The van der Waals surface area contributed by atoms with Crippen LogP contribution in [0.5, 0.6) is 0 Å². The lowest BCUT2D eigenvalue weighted by Crippen LogP contribution is -2.18. The van der Waals surface area contributed by atoms with Crippen LogP contribution in [0.2, 0.25) is 0 Å². The number of benzene rings is 4. The largest absolute Gasteiger partial charge is 0.478 e. The van der Waals surface area contributed by atoms with Crippen molar-refractivity contribution < 1.29 is 23.1 Å². The Morgan fingerprint density at radius 2 is 1.49 bits per heavy atom. The van der Waals surface area contributed by atoms with Gasteiger partial charge in [-0.3, -0.25) is 9.59 Å². The number of rotatable bonds is 5. The third-order valence-corrected chi connectivity index (χ3v) is 10.0. The average Bonchev–Trinajstić information content (AvgIpc) is 3.88. The molecule has 8 rings (SSSR count). The number of pyridine rings is 2. The van der Waals surface area contributed by atoms with E-state index in [9.17, 15) is 23.2 Å². The molecule has 8 aromatic rings. The number of aromatic carboxylic acids is 1. The first-order chi connectivity index (χ1) is 27.5. The van der Waals surface area contributed by atoms with E-state index < -0.39 is 23.5 Å². The Balaban J connectivity index is 0.000000174. The zero-order valence-corrected chi connectivity index (χ0v) is 31.2. The fourth-order valence-electron chi connectivity index (χ4n) is 6.00. The highest BCUT2D eigenvalue weighted by atomic mass is 32.1. The van der Waals surface area contributed by atoms with Crippen LogP contribution in [0.15, 0.2) is 136 Å². The van der Waals surface area contributed by atoms with Gasteiger partial charge in [0.15, 0.2) is 27.5 Å². The SMILES string of the molecule is Cc1c(=O)c(C(C#Cc2ccccc2)c2ccc(C(=O)O)cc2)cn2ncoc12.Cc1c(=O)c(Cc2ccc(F)c(F)c2)cn2nc(C#Cc3ccccc3)sc12. The fraction of sp³-hybridized carbons (Fsp3) is 0.0889. The van der Waals surface area contributed by atoms with E-state index in [-0.39, 0.29) is 22.8 Å². The van der Waals surface area contributed by atoms with E-state index in [1.54, 1.807) is 42.9 Å². The molecule has 0 radical (unpaired) electrons. The van der Waals surface area contributed by atoms with Gasteiger partial charge in [0.25, 0.3) is 0 Å². The van der Waals surface area contributed by atoms with E-state index in [4.69, 9.17) is 9.52 Å². The molecule has 0 aliphatic rings. The van der Waals surface area contributed by atoms with E-state index >= 15 is 0 Å². The van der Waals surface area contributed by atoms with Gasteiger partial charge in [0, 0.05) is 46.6 Å². The Bertz CT molecular complexity index is 3020. The van der Waals surface area contributed by atoms with Gasteiger partial charge in [-0.2, -0.15) is 0 Å². The summed E-state index contributed by atoms with van der Waals surface area (Å²) in [6.45, 7) is 3.42. The summed E-state index contributed by atoms with van der Waals surface area (Å²) in [5.41, 5.74) is 5.10. The number of halogens is 2. The summed E-state index contributed by atoms with van der Waals surface area (Å²) in [7, 11) is 0. The molecule has 0 amide bonds. The molecule has 0 bridgehead atoms. The number of carboxylic acids is 1. The quantitative estimate of drug-likeness (QED) is 0.177. The van der Waals surface area contributed by atoms with Gasteiger partial charge in [0.2, 0.25) is 12.1 Å². The van der Waals surface area contributed by atoms with Crippen LogP contribution < -0.4 is 10.9 Å². The lowest BCUT2D eigenvalue weighted by Gasteiger charge is -2.12. The Kier molecular flexibility index (Phi) is 11.0. The van der Waals surface area contributed by atoms with Gasteiger partial charge in [-0.15, -0.1) is 10.2 Å². The zero-order valence-electron chi connectivity index (χ0n) is 30.4. The predicted molar refractivity (Wildman–Crippen MR) is 213 cm³/mol. The Hall–Kier alpha value is -7.41. The number of hydrogen-bond donors (Lipinski definition) is 1. The zero-order chi connectivity index (χ0) is 40.1.